The Bertz CT molecular complexity index is 619. The second kappa shape index (κ2) is 6.37. The normalized spacial score (nSPS) is 20.9. The van der Waals surface area contributed by atoms with Gasteiger partial charge in [-0.15, -0.1) is 0 Å². The zero-order valence-electron chi connectivity index (χ0n) is 13.1. The quantitative estimate of drug-likeness (QED) is 0.713. The first-order chi connectivity index (χ1) is 11.1. The standard InChI is InChI=1S/C16H20N4O3/c1-17-9-14(21)18-7-8-19-13(11-18)15(22)20(16(19)23)10-12-5-3-2-4-6-12/h2-6,13,17H,7-11H2,1H3/p+1/t13-/m1/s1. The molecule has 7 heteroatoms. The van der Waals surface area contributed by atoms with Crippen LogP contribution < -0.4 is 5.32 Å². The maximum Gasteiger partial charge on any atom is 0.327 e. The number of likely N-dealkylation sites (N-methyl/N-ethyl adjacent to an activating group) is 1. The molecule has 2 N–H and O–H groups in total. The molecule has 0 spiro atoms. The summed E-state index contributed by atoms with van der Waals surface area (Å²) in [5.41, 5.74) is 0.919. The Morgan fingerprint density at radius 1 is 1.22 bits per heavy atom. The SMILES string of the molecule is C[NH2+]CC(=O)N1CCN2C(=O)N(Cc3ccccc3)C(=O)[C@H]2C1. The van der Waals surface area contributed by atoms with Gasteiger partial charge in [0.05, 0.1) is 20.1 Å². The lowest BCUT2D eigenvalue weighted by atomic mass is 10.1. The number of benzene rings is 1. The molecule has 0 bridgehead atoms. The molecule has 122 valence electrons. The van der Waals surface area contributed by atoms with E-state index in [4.69, 9.17) is 0 Å². The Balaban J connectivity index is 1.72. The molecule has 23 heavy (non-hydrogen) atoms. The van der Waals surface area contributed by atoms with E-state index in [0.29, 0.717) is 26.2 Å². The summed E-state index contributed by atoms with van der Waals surface area (Å²) >= 11 is 0. The third-order valence-electron chi connectivity index (χ3n) is 4.32. The van der Waals surface area contributed by atoms with Crippen molar-refractivity contribution in [2.75, 3.05) is 33.2 Å². The summed E-state index contributed by atoms with van der Waals surface area (Å²) in [7, 11) is 1.83. The smallest absolute Gasteiger partial charge is 0.327 e. The minimum atomic E-state index is -0.541. The summed E-state index contributed by atoms with van der Waals surface area (Å²) in [6, 6.07) is 8.66. The number of imide groups is 1. The molecule has 0 radical (unpaired) electrons. The van der Waals surface area contributed by atoms with E-state index >= 15 is 0 Å². The number of hydrogen-bond donors (Lipinski definition) is 1. The van der Waals surface area contributed by atoms with Crippen molar-refractivity contribution in [3.8, 4) is 0 Å². The van der Waals surface area contributed by atoms with Gasteiger partial charge in [-0.3, -0.25) is 14.5 Å². The maximum absolute atomic E-state index is 12.6. The van der Waals surface area contributed by atoms with E-state index in [9.17, 15) is 14.4 Å². The second-order valence-electron chi connectivity index (χ2n) is 5.85. The molecule has 1 atom stereocenters. The van der Waals surface area contributed by atoms with Crippen molar-refractivity contribution in [1.82, 2.24) is 14.7 Å². The number of amides is 4. The van der Waals surface area contributed by atoms with Gasteiger partial charge in [0, 0.05) is 13.1 Å². The van der Waals surface area contributed by atoms with Crippen LogP contribution in [0.3, 0.4) is 0 Å². The van der Waals surface area contributed by atoms with Crippen LogP contribution in [0.4, 0.5) is 4.79 Å². The fourth-order valence-corrected chi connectivity index (χ4v) is 3.09. The summed E-state index contributed by atoms with van der Waals surface area (Å²) in [4.78, 5) is 41.6. The number of fused-ring (bicyclic) bond motifs is 1. The van der Waals surface area contributed by atoms with Gasteiger partial charge in [0.25, 0.3) is 11.8 Å². The highest BCUT2D eigenvalue weighted by Gasteiger charge is 2.48. The zero-order valence-corrected chi connectivity index (χ0v) is 13.1. The number of quaternary nitrogens is 1. The first-order valence-electron chi connectivity index (χ1n) is 7.83. The number of carbonyl (C=O) groups is 3. The number of hydrogen-bond acceptors (Lipinski definition) is 3. The van der Waals surface area contributed by atoms with Crippen molar-refractivity contribution in [3.63, 3.8) is 0 Å². The van der Waals surface area contributed by atoms with Crippen molar-refractivity contribution >= 4 is 17.8 Å². The Kier molecular flexibility index (Phi) is 4.29. The molecule has 2 aliphatic rings. The van der Waals surface area contributed by atoms with Gasteiger partial charge in [0.1, 0.15) is 6.04 Å². The Labute approximate surface area is 134 Å². The van der Waals surface area contributed by atoms with Crippen LogP contribution in [0.25, 0.3) is 0 Å². The monoisotopic (exact) mass is 317 g/mol. The molecule has 2 fully saturated rings. The van der Waals surface area contributed by atoms with Crippen LogP contribution in [-0.2, 0) is 16.1 Å². The van der Waals surface area contributed by atoms with Gasteiger partial charge in [-0.2, -0.15) is 0 Å². The predicted molar refractivity (Wildman–Crippen MR) is 82.2 cm³/mol. The lowest BCUT2D eigenvalue weighted by molar-refractivity contribution is -0.616. The Hall–Kier alpha value is -2.41. The molecule has 1 aromatic rings. The van der Waals surface area contributed by atoms with Gasteiger partial charge in [-0.05, 0) is 5.56 Å². The summed E-state index contributed by atoms with van der Waals surface area (Å²) < 4.78 is 0. The van der Waals surface area contributed by atoms with E-state index in [1.54, 1.807) is 15.1 Å². The van der Waals surface area contributed by atoms with E-state index in [1.807, 2.05) is 37.4 Å². The largest absolute Gasteiger partial charge is 0.341 e. The molecule has 3 rings (SSSR count). The van der Waals surface area contributed by atoms with Gasteiger partial charge < -0.3 is 15.1 Å². The third-order valence-corrected chi connectivity index (χ3v) is 4.32. The lowest BCUT2D eigenvalue weighted by Crippen LogP contribution is -2.82. The van der Waals surface area contributed by atoms with Crippen LogP contribution in [0.1, 0.15) is 5.56 Å². The predicted octanol–water partition coefficient (Wildman–Crippen LogP) is -1.15. The average Bonchev–Trinajstić information content (AvgIpc) is 2.81. The Morgan fingerprint density at radius 3 is 2.65 bits per heavy atom. The molecule has 0 saturated carbocycles. The zero-order chi connectivity index (χ0) is 16.4. The molecule has 0 aliphatic carbocycles. The third kappa shape index (κ3) is 2.92. The van der Waals surface area contributed by atoms with E-state index in [-0.39, 0.29) is 24.4 Å². The molecular formula is C16H21N4O3+. The van der Waals surface area contributed by atoms with Gasteiger partial charge in [0.2, 0.25) is 0 Å². The average molecular weight is 317 g/mol. The molecule has 7 nitrogen and oxygen atoms in total. The molecule has 4 amide bonds. The fourth-order valence-electron chi connectivity index (χ4n) is 3.09. The molecule has 0 unspecified atom stereocenters. The summed E-state index contributed by atoms with van der Waals surface area (Å²) in [5, 5.41) is 1.80. The summed E-state index contributed by atoms with van der Waals surface area (Å²) in [6.45, 7) is 1.84. The number of urea groups is 1. The number of nitrogens with two attached hydrogens (primary N) is 1. The topological polar surface area (TPSA) is 77.5 Å². The second-order valence-corrected chi connectivity index (χ2v) is 5.85. The molecule has 1 aromatic carbocycles. The van der Waals surface area contributed by atoms with Gasteiger partial charge in [0.15, 0.2) is 6.54 Å². The van der Waals surface area contributed by atoms with Crippen LogP contribution in [-0.4, -0.2) is 71.8 Å². The number of piperazine rings is 1. The first-order valence-corrected chi connectivity index (χ1v) is 7.83. The van der Waals surface area contributed by atoms with Crippen molar-refractivity contribution in [3.05, 3.63) is 35.9 Å². The number of rotatable bonds is 4. The minimum Gasteiger partial charge on any atom is -0.341 e. The van der Waals surface area contributed by atoms with Gasteiger partial charge in [-0.1, -0.05) is 30.3 Å². The van der Waals surface area contributed by atoms with Crippen molar-refractivity contribution in [1.29, 1.82) is 0 Å². The summed E-state index contributed by atoms with van der Waals surface area (Å²) in [5.74, 6) is -0.203. The first kappa shape index (κ1) is 15.5. The maximum atomic E-state index is 12.6. The highest BCUT2D eigenvalue weighted by molar-refractivity contribution is 6.04. The number of nitrogens with zero attached hydrogens (tertiary/aromatic N) is 3. The van der Waals surface area contributed by atoms with Crippen molar-refractivity contribution in [2.24, 2.45) is 0 Å². The summed E-state index contributed by atoms with van der Waals surface area (Å²) in [6.07, 6.45) is 0. The van der Waals surface area contributed by atoms with Crippen LogP contribution in [0.15, 0.2) is 30.3 Å². The highest BCUT2D eigenvalue weighted by Crippen LogP contribution is 2.23. The Morgan fingerprint density at radius 2 is 1.96 bits per heavy atom. The molecule has 2 aliphatic heterocycles. The van der Waals surface area contributed by atoms with E-state index < -0.39 is 6.04 Å². The van der Waals surface area contributed by atoms with Crippen molar-refractivity contribution in [2.45, 2.75) is 12.6 Å². The van der Waals surface area contributed by atoms with Crippen LogP contribution >= 0.6 is 0 Å². The molecule has 2 saturated heterocycles. The number of carbonyl (C=O) groups excluding carboxylic acids is 3. The van der Waals surface area contributed by atoms with Gasteiger partial charge >= 0.3 is 6.03 Å². The van der Waals surface area contributed by atoms with Crippen LogP contribution in [0.2, 0.25) is 0 Å². The van der Waals surface area contributed by atoms with Crippen LogP contribution in [0.5, 0.6) is 0 Å². The molecule has 0 aromatic heterocycles. The van der Waals surface area contributed by atoms with Crippen molar-refractivity contribution < 1.29 is 19.7 Å². The van der Waals surface area contributed by atoms with Crippen LogP contribution in [0, 0.1) is 0 Å². The van der Waals surface area contributed by atoms with Gasteiger partial charge in [-0.25, -0.2) is 4.79 Å². The molecular weight excluding hydrogens is 296 g/mol. The fraction of sp³-hybridized carbons (Fsp3) is 0.438. The molecule has 2 heterocycles. The van der Waals surface area contributed by atoms with E-state index in [0.717, 1.165) is 5.56 Å². The lowest BCUT2D eigenvalue weighted by Gasteiger charge is -2.34. The highest BCUT2D eigenvalue weighted by atomic mass is 16.2. The minimum absolute atomic E-state index is 0.00825. The van der Waals surface area contributed by atoms with E-state index in [2.05, 4.69) is 0 Å². The van der Waals surface area contributed by atoms with E-state index in [1.165, 1.54) is 4.90 Å².